The molecule has 0 saturated carbocycles. The van der Waals surface area contributed by atoms with E-state index in [9.17, 15) is 18.0 Å². The van der Waals surface area contributed by atoms with Gasteiger partial charge in [0.25, 0.3) is 10.0 Å². The van der Waals surface area contributed by atoms with Crippen molar-refractivity contribution in [3.63, 3.8) is 0 Å². The van der Waals surface area contributed by atoms with Crippen LogP contribution in [0.4, 0.5) is 5.69 Å². The van der Waals surface area contributed by atoms with Gasteiger partial charge in [-0.2, -0.15) is 0 Å². The molecule has 0 fully saturated rings. The number of ether oxygens (including phenoxy) is 1. The number of sulfonamides is 1. The van der Waals surface area contributed by atoms with Gasteiger partial charge in [0, 0.05) is 17.6 Å². The number of halogens is 1. The highest BCUT2D eigenvalue weighted by atomic mass is 35.5. The zero-order valence-corrected chi connectivity index (χ0v) is 25.2. The summed E-state index contributed by atoms with van der Waals surface area (Å²) in [4.78, 5) is 28.4. The number of methoxy groups -OCH3 is 1. The van der Waals surface area contributed by atoms with Crippen LogP contribution in [0.5, 0.6) is 5.75 Å². The molecule has 10 heteroatoms. The molecule has 2 amide bonds. The topological polar surface area (TPSA) is 96.0 Å². The van der Waals surface area contributed by atoms with Crippen LogP contribution in [0, 0.1) is 13.8 Å². The highest BCUT2D eigenvalue weighted by Crippen LogP contribution is 2.31. The molecule has 3 rings (SSSR count). The zero-order chi connectivity index (χ0) is 29.6. The predicted octanol–water partition coefficient (Wildman–Crippen LogP) is 5.10. The number of amides is 2. The van der Waals surface area contributed by atoms with E-state index in [0.29, 0.717) is 16.3 Å². The molecule has 0 spiro atoms. The lowest BCUT2D eigenvalue weighted by atomic mass is 10.1. The van der Waals surface area contributed by atoms with E-state index < -0.39 is 28.5 Å². The van der Waals surface area contributed by atoms with E-state index in [1.807, 2.05) is 20.8 Å². The largest absolute Gasteiger partial charge is 0.497 e. The summed E-state index contributed by atoms with van der Waals surface area (Å²) >= 11 is 6.37. The Morgan fingerprint density at radius 2 is 1.57 bits per heavy atom. The number of nitrogens with zero attached hydrogens (tertiary/aromatic N) is 2. The summed E-state index contributed by atoms with van der Waals surface area (Å²) in [5.74, 6) is -0.236. The third-order valence-corrected chi connectivity index (χ3v) is 8.69. The van der Waals surface area contributed by atoms with Crippen LogP contribution in [0.2, 0.25) is 5.02 Å². The van der Waals surface area contributed by atoms with Crippen LogP contribution in [-0.4, -0.2) is 50.9 Å². The lowest BCUT2D eigenvalue weighted by molar-refractivity contribution is -0.139. The molecule has 3 aromatic carbocycles. The molecule has 0 aromatic heterocycles. The van der Waals surface area contributed by atoms with Crippen molar-refractivity contribution in [2.75, 3.05) is 18.0 Å². The maximum Gasteiger partial charge on any atom is 0.264 e. The molecule has 0 saturated heterocycles. The molecule has 0 aliphatic carbocycles. The second-order valence-corrected chi connectivity index (χ2v) is 12.2. The number of anilines is 1. The highest BCUT2D eigenvalue weighted by Gasteiger charge is 2.33. The molecule has 0 aliphatic heterocycles. The van der Waals surface area contributed by atoms with Crippen LogP contribution in [0.1, 0.15) is 37.5 Å². The van der Waals surface area contributed by atoms with Crippen molar-refractivity contribution in [3.8, 4) is 5.75 Å². The average molecular weight is 586 g/mol. The molecule has 214 valence electrons. The van der Waals surface area contributed by atoms with Crippen LogP contribution in [-0.2, 0) is 26.2 Å². The molecule has 0 bridgehead atoms. The summed E-state index contributed by atoms with van der Waals surface area (Å²) in [6.07, 6.45) is 0. The Morgan fingerprint density at radius 3 is 2.15 bits per heavy atom. The fourth-order valence-electron chi connectivity index (χ4n) is 4.13. The number of benzene rings is 3. The van der Waals surface area contributed by atoms with Crippen LogP contribution >= 0.6 is 11.6 Å². The zero-order valence-electron chi connectivity index (χ0n) is 23.6. The van der Waals surface area contributed by atoms with Crippen LogP contribution < -0.4 is 14.4 Å². The Balaban J connectivity index is 2.06. The summed E-state index contributed by atoms with van der Waals surface area (Å²) < 4.78 is 34.2. The summed E-state index contributed by atoms with van der Waals surface area (Å²) in [5, 5.41) is 3.21. The third-order valence-electron chi connectivity index (χ3n) is 6.51. The fourth-order valence-corrected chi connectivity index (χ4v) is 5.77. The first-order valence-electron chi connectivity index (χ1n) is 12.9. The first-order valence-corrected chi connectivity index (χ1v) is 14.7. The van der Waals surface area contributed by atoms with Crippen molar-refractivity contribution in [1.29, 1.82) is 0 Å². The average Bonchev–Trinajstić information content (AvgIpc) is 2.91. The smallest absolute Gasteiger partial charge is 0.264 e. The van der Waals surface area contributed by atoms with Gasteiger partial charge in [-0.1, -0.05) is 47.5 Å². The van der Waals surface area contributed by atoms with Crippen molar-refractivity contribution >= 4 is 39.1 Å². The molecular formula is C30H36ClN3O5S. The Bertz CT molecular complexity index is 1440. The quantitative estimate of drug-likeness (QED) is 0.338. The maximum absolute atomic E-state index is 14.0. The van der Waals surface area contributed by atoms with Gasteiger partial charge in [-0.15, -0.1) is 0 Å². The van der Waals surface area contributed by atoms with E-state index in [-0.39, 0.29) is 29.1 Å². The van der Waals surface area contributed by atoms with Crippen LogP contribution in [0.15, 0.2) is 71.6 Å². The standard InChI is InChI=1S/C30H36ClN3O5S/c1-20(2)32-30(36)23(5)33(18-24-12-14-25(39-6)15-13-24)29(35)19-34(28-9-7-8-27(31)22(28)4)40(37,38)26-16-10-21(3)11-17-26/h7-17,20,23H,18-19H2,1-6H3,(H,32,36). The molecule has 3 aromatic rings. The van der Waals surface area contributed by atoms with E-state index in [4.69, 9.17) is 16.3 Å². The third kappa shape index (κ3) is 7.34. The van der Waals surface area contributed by atoms with Gasteiger partial charge in [-0.05, 0) is 82.1 Å². The molecule has 40 heavy (non-hydrogen) atoms. The minimum absolute atomic E-state index is 0.0394. The number of hydrogen-bond donors (Lipinski definition) is 1. The number of hydrogen-bond acceptors (Lipinski definition) is 5. The molecule has 0 aliphatic rings. The Labute approximate surface area is 241 Å². The monoisotopic (exact) mass is 585 g/mol. The van der Waals surface area contributed by atoms with Gasteiger partial charge in [0.2, 0.25) is 11.8 Å². The van der Waals surface area contributed by atoms with Gasteiger partial charge in [0.1, 0.15) is 18.3 Å². The van der Waals surface area contributed by atoms with Crippen molar-refractivity contribution in [3.05, 3.63) is 88.4 Å². The van der Waals surface area contributed by atoms with Gasteiger partial charge in [0.15, 0.2) is 0 Å². The lowest BCUT2D eigenvalue weighted by Crippen LogP contribution is -2.52. The second kappa shape index (κ2) is 13.2. The van der Waals surface area contributed by atoms with Crippen LogP contribution in [0.25, 0.3) is 0 Å². The Hall–Kier alpha value is -3.56. The summed E-state index contributed by atoms with van der Waals surface area (Å²) in [6.45, 7) is 8.40. The fraction of sp³-hybridized carbons (Fsp3) is 0.333. The normalized spacial score (nSPS) is 12.1. The van der Waals surface area contributed by atoms with E-state index in [1.165, 1.54) is 17.0 Å². The first kappa shape index (κ1) is 31.0. The number of carbonyl (C=O) groups excluding carboxylic acids is 2. The highest BCUT2D eigenvalue weighted by molar-refractivity contribution is 7.92. The molecule has 0 radical (unpaired) electrons. The van der Waals surface area contributed by atoms with Gasteiger partial charge in [-0.25, -0.2) is 8.42 Å². The van der Waals surface area contributed by atoms with Gasteiger partial charge < -0.3 is 15.0 Å². The predicted molar refractivity (Wildman–Crippen MR) is 158 cm³/mol. The van der Waals surface area contributed by atoms with E-state index in [0.717, 1.165) is 15.4 Å². The van der Waals surface area contributed by atoms with E-state index in [1.54, 1.807) is 75.6 Å². The minimum atomic E-state index is -4.18. The molecule has 1 unspecified atom stereocenters. The van der Waals surface area contributed by atoms with Crippen LogP contribution in [0.3, 0.4) is 0 Å². The van der Waals surface area contributed by atoms with Gasteiger partial charge in [-0.3, -0.25) is 13.9 Å². The van der Waals surface area contributed by atoms with E-state index in [2.05, 4.69) is 5.32 Å². The second-order valence-electron chi connectivity index (χ2n) is 9.92. The number of nitrogens with one attached hydrogen (secondary N) is 1. The van der Waals surface area contributed by atoms with Crippen molar-refractivity contribution < 1.29 is 22.7 Å². The van der Waals surface area contributed by atoms with Crippen molar-refractivity contribution in [2.24, 2.45) is 0 Å². The summed E-state index contributed by atoms with van der Waals surface area (Å²) in [5.41, 5.74) is 2.45. The molecule has 1 atom stereocenters. The van der Waals surface area contributed by atoms with Gasteiger partial charge in [0.05, 0.1) is 17.7 Å². The Morgan fingerprint density at radius 1 is 0.950 bits per heavy atom. The minimum Gasteiger partial charge on any atom is -0.497 e. The number of carbonyl (C=O) groups is 2. The number of rotatable bonds is 11. The SMILES string of the molecule is COc1ccc(CN(C(=O)CN(c2cccc(Cl)c2C)S(=O)(=O)c2ccc(C)cc2)C(C)C(=O)NC(C)C)cc1. The lowest BCUT2D eigenvalue weighted by Gasteiger charge is -2.33. The molecule has 8 nitrogen and oxygen atoms in total. The molecule has 1 N–H and O–H groups in total. The van der Waals surface area contributed by atoms with Crippen molar-refractivity contribution in [1.82, 2.24) is 10.2 Å². The first-order chi connectivity index (χ1) is 18.8. The number of aryl methyl sites for hydroxylation is 1. The molecule has 0 heterocycles. The van der Waals surface area contributed by atoms with Crippen molar-refractivity contribution in [2.45, 2.75) is 58.1 Å². The summed E-state index contributed by atoms with van der Waals surface area (Å²) in [7, 11) is -2.62. The maximum atomic E-state index is 14.0. The Kier molecular flexibility index (Phi) is 10.2. The van der Waals surface area contributed by atoms with E-state index >= 15 is 0 Å². The molecular weight excluding hydrogens is 550 g/mol. The van der Waals surface area contributed by atoms with Gasteiger partial charge >= 0.3 is 0 Å². The summed E-state index contributed by atoms with van der Waals surface area (Å²) in [6, 6.07) is 17.4.